The van der Waals surface area contributed by atoms with Crippen LogP contribution in [-0.4, -0.2) is 29.0 Å². The molecule has 224 valence electrons. The lowest BCUT2D eigenvalue weighted by Gasteiger charge is -2.22. The fourth-order valence-electron chi connectivity index (χ4n) is 2.64. The number of para-hydroxylation sites is 1. The number of carbonyl (C=O) groups is 4. The van der Waals surface area contributed by atoms with Gasteiger partial charge in [0, 0.05) is 0 Å². The van der Waals surface area contributed by atoms with Gasteiger partial charge < -0.3 is 28.8 Å². The lowest BCUT2D eigenvalue weighted by atomic mass is 9.97. The van der Waals surface area contributed by atoms with E-state index in [2.05, 4.69) is 0 Å². The standard InChI is InChI=1S/C31H40O10/c1-17(2)25(33)38-20-14-12-13-19(23(20)40-27(35)30(6,7)8)37-21-16-15-18(39-26(34)29(3,4)5)22(32)24(21)41-28(36)31(9,10)11/h12-17,32H,1-11H3. The lowest BCUT2D eigenvalue weighted by molar-refractivity contribution is -0.144. The monoisotopic (exact) mass is 572 g/mol. The van der Waals surface area contributed by atoms with E-state index in [0.29, 0.717) is 0 Å². The Morgan fingerprint density at radius 1 is 0.585 bits per heavy atom. The summed E-state index contributed by atoms with van der Waals surface area (Å²) in [4.78, 5) is 50.5. The molecule has 41 heavy (non-hydrogen) atoms. The molecule has 0 atom stereocenters. The van der Waals surface area contributed by atoms with Gasteiger partial charge in [0.05, 0.1) is 22.2 Å². The van der Waals surface area contributed by atoms with Gasteiger partial charge in [-0.2, -0.15) is 0 Å². The minimum Gasteiger partial charge on any atom is -0.502 e. The first-order valence-electron chi connectivity index (χ1n) is 13.2. The van der Waals surface area contributed by atoms with Gasteiger partial charge in [0.1, 0.15) is 0 Å². The maximum atomic E-state index is 12.8. The number of hydrogen-bond donors (Lipinski definition) is 1. The largest absolute Gasteiger partial charge is 0.502 e. The van der Waals surface area contributed by atoms with Crippen molar-refractivity contribution in [2.24, 2.45) is 22.2 Å². The van der Waals surface area contributed by atoms with Gasteiger partial charge in [-0.15, -0.1) is 0 Å². The second-order valence-corrected chi connectivity index (χ2v) is 12.9. The first-order chi connectivity index (χ1) is 18.6. The third-order valence-corrected chi connectivity index (χ3v) is 5.33. The minimum absolute atomic E-state index is 0.0769. The van der Waals surface area contributed by atoms with Gasteiger partial charge in [-0.25, -0.2) is 0 Å². The number of carbonyl (C=O) groups excluding carboxylic acids is 4. The van der Waals surface area contributed by atoms with Crippen molar-refractivity contribution >= 4 is 23.9 Å². The molecular formula is C31H40O10. The normalized spacial score (nSPS) is 12.0. The van der Waals surface area contributed by atoms with Crippen LogP contribution in [0.2, 0.25) is 0 Å². The zero-order valence-electron chi connectivity index (χ0n) is 25.6. The van der Waals surface area contributed by atoms with Gasteiger partial charge in [-0.05, 0) is 86.6 Å². The summed E-state index contributed by atoms with van der Waals surface area (Å²) in [5, 5.41) is 11.0. The number of esters is 4. The van der Waals surface area contributed by atoms with Crippen LogP contribution < -0.4 is 23.7 Å². The number of benzene rings is 2. The Balaban J connectivity index is 2.69. The number of phenols is 1. The topological polar surface area (TPSA) is 135 Å². The fraction of sp³-hybridized carbons (Fsp3) is 0.484. The molecule has 0 saturated heterocycles. The molecule has 0 bridgehead atoms. The van der Waals surface area contributed by atoms with Crippen LogP contribution in [-0.2, 0) is 19.2 Å². The predicted octanol–water partition coefficient (Wildman–Crippen LogP) is 6.60. The highest BCUT2D eigenvalue weighted by molar-refractivity contribution is 5.83. The summed E-state index contributed by atoms with van der Waals surface area (Å²) in [5.74, 6) is -4.90. The first kappa shape index (κ1) is 33.1. The molecule has 2 aromatic rings. The van der Waals surface area contributed by atoms with E-state index in [9.17, 15) is 24.3 Å². The van der Waals surface area contributed by atoms with Crippen LogP contribution in [0.15, 0.2) is 30.3 Å². The van der Waals surface area contributed by atoms with Crippen LogP contribution in [0.25, 0.3) is 0 Å². The molecule has 0 aromatic heterocycles. The van der Waals surface area contributed by atoms with Crippen molar-refractivity contribution in [1.82, 2.24) is 0 Å². The summed E-state index contributed by atoms with van der Waals surface area (Å²) >= 11 is 0. The molecule has 2 aromatic carbocycles. The van der Waals surface area contributed by atoms with Crippen LogP contribution in [0.5, 0.6) is 40.2 Å². The summed E-state index contributed by atoms with van der Waals surface area (Å²) in [5.41, 5.74) is -2.78. The molecule has 0 amide bonds. The Morgan fingerprint density at radius 2 is 1.00 bits per heavy atom. The summed E-state index contributed by atoms with van der Waals surface area (Å²) in [7, 11) is 0. The molecule has 0 aliphatic heterocycles. The quantitative estimate of drug-likeness (QED) is 0.285. The lowest BCUT2D eigenvalue weighted by Crippen LogP contribution is -2.27. The van der Waals surface area contributed by atoms with Crippen LogP contribution in [0.1, 0.15) is 76.2 Å². The summed E-state index contributed by atoms with van der Waals surface area (Å²) < 4.78 is 28.0. The molecular weight excluding hydrogens is 532 g/mol. The predicted molar refractivity (Wildman–Crippen MR) is 150 cm³/mol. The molecule has 10 nitrogen and oxygen atoms in total. The maximum absolute atomic E-state index is 12.8. The highest BCUT2D eigenvalue weighted by Gasteiger charge is 2.32. The molecule has 0 heterocycles. The average molecular weight is 573 g/mol. The number of phenolic OH excluding ortho intramolecular Hbond substituents is 1. The highest BCUT2D eigenvalue weighted by Crippen LogP contribution is 2.49. The fourth-order valence-corrected chi connectivity index (χ4v) is 2.64. The molecule has 0 radical (unpaired) electrons. The summed E-state index contributed by atoms with van der Waals surface area (Å²) in [6.07, 6.45) is 0. The van der Waals surface area contributed by atoms with E-state index in [1.54, 1.807) is 76.2 Å². The van der Waals surface area contributed by atoms with E-state index >= 15 is 0 Å². The van der Waals surface area contributed by atoms with Crippen molar-refractivity contribution in [3.05, 3.63) is 30.3 Å². The Hall–Kier alpha value is -4.08. The molecule has 0 fully saturated rings. The average Bonchev–Trinajstić information content (AvgIpc) is 2.82. The van der Waals surface area contributed by atoms with E-state index in [1.807, 2.05) is 0 Å². The second-order valence-electron chi connectivity index (χ2n) is 12.9. The Bertz CT molecular complexity index is 1320. The second kappa shape index (κ2) is 12.2. The van der Waals surface area contributed by atoms with Crippen LogP contribution in [0.4, 0.5) is 0 Å². The zero-order chi connectivity index (χ0) is 31.5. The van der Waals surface area contributed by atoms with Crippen LogP contribution in [0.3, 0.4) is 0 Å². The van der Waals surface area contributed by atoms with E-state index < -0.39 is 57.5 Å². The molecule has 2 rings (SSSR count). The minimum atomic E-state index is -0.972. The van der Waals surface area contributed by atoms with Crippen molar-refractivity contribution in [2.45, 2.75) is 76.2 Å². The van der Waals surface area contributed by atoms with Crippen molar-refractivity contribution in [3.8, 4) is 40.2 Å². The van der Waals surface area contributed by atoms with Crippen molar-refractivity contribution in [3.63, 3.8) is 0 Å². The van der Waals surface area contributed by atoms with Gasteiger partial charge in [0.25, 0.3) is 0 Å². The Kier molecular flexibility index (Phi) is 9.86. The molecule has 0 aliphatic rings. The van der Waals surface area contributed by atoms with E-state index in [-0.39, 0.29) is 28.7 Å². The number of hydrogen-bond acceptors (Lipinski definition) is 10. The third kappa shape index (κ3) is 8.70. The number of aromatic hydroxyl groups is 1. The van der Waals surface area contributed by atoms with Crippen molar-refractivity contribution in [2.75, 3.05) is 0 Å². The first-order valence-corrected chi connectivity index (χ1v) is 13.2. The highest BCUT2D eigenvalue weighted by atomic mass is 16.6. The maximum Gasteiger partial charge on any atom is 0.316 e. The Labute approximate surface area is 240 Å². The van der Waals surface area contributed by atoms with Gasteiger partial charge in [-0.1, -0.05) is 19.9 Å². The summed E-state index contributed by atoms with van der Waals surface area (Å²) in [6, 6.07) is 6.97. The zero-order valence-corrected chi connectivity index (χ0v) is 25.6. The SMILES string of the molecule is CC(C)C(=O)Oc1cccc(Oc2ccc(OC(=O)C(C)(C)C)c(O)c2OC(=O)C(C)(C)C)c1OC(=O)C(C)(C)C. The molecule has 0 unspecified atom stereocenters. The smallest absolute Gasteiger partial charge is 0.316 e. The Morgan fingerprint density at radius 3 is 1.49 bits per heavy atom. The van der Waals surface area contributed by atoms with Crippen LogP contribution >= 0.6 is 0 Å². The molecule has 1 N–H and O–H groups in total. The van der Waals surface area contributed by atoms with Crippen molar-refractivity contribution < 1.29 is 48.0 Å². The molecule has 10 heteroatoms. The van der Waals surface area contributed by atoms with E-state index in [4.69, 9.17) is 23.7 Å². The third-order valence-electron chi connectivity index (χ3n) is 5.33. The van der Waals surface area contributed by atoms with Crippen LogP contribution in [0, 0.1) is 22.2 Å². The van der Waals surface area contributed by atoms with Gasteiger partial charge in [-0.3, -0.25) is 19.2 Å². The number of rotatable bonds is 7. The van der Waals surface area contributed by atoms with E-state index in [0.717, 1.165) is 0 Å². The van der Waals surface area contributed by atoms with Gasteiger partial charge >= 0.3 is 23.9 Å². The van der Waals surface area contributed by atoms with Crippen molar-refractivity contribution in [1.29, 1.82) is 0 Å². The van der Waals surface area contributed by atoms with Gasteiger partial charge in [0.2, 0.25) is 17.2 Å². The summed E-state index contributed by atoms with van der Waals surface area (Å²) in [6.45, 7) is 18.0. The molecule has 0 spiro atoms. The molecule has 0 saturated carbocycles. The number of ether oxygens (including phenoxy) is 5. The van der Waals surface area contributed by atoms with E-state index in [1.165, 1.54) is 30.3 Å². The van der Waals surface area contributed by atoms with Gasteiger partial charge in [0.15, 0.2) is 23.0 Å². The molecule has 0 aliphatic carbocycles.